The maximum atomic E-state index is 6.51. The highest BCUT2D eigenvalue weighted by molar-refractivity contribution is 5.27. The molecule has 2 aliphatic rings. The summed E-state index contributed by atoms with van der Waals surface area (Å²) in [4.78, 5) is 19.5. The number of methoxy groups -OCH3 is 1. The molecule has 0 amide bonds. The van der Waals surface area contributed by atoms with E-state index in [1.807, 2.05) is 18.3 Å². The minimum Gasteiger partial charge on any atom is -0.495 e. The summed E-state index contributed by atoms with van der Waals surface area (Å²) in [6.07, 6.45) is 3.68. The van der Waals surface area contributed by atoms with Crippen molar-refractivity contribution in [1.82, 2.24) is 29.6 Å². The summed E-state index contributed by atoms with van der Waals surface area (Å²) in [5.74, 6) is 1.65. The Morgan fingerprint density at radius 3 is 2.03 bits per heavy atom. The average Bonchev–Trinajstić information content (AvgIpc) is 2.90. The zero-order valence-electron chi connectivity index (χ0n) is 22.8. The van der Waals surface area contributed by atoms with Gasteiger partial charge in [0.2, 0.25) is 0 Å². The standard InChI is InChI=1S/C28H44N6O2/c1-22(2)32-13-11-31(12-14-32)20-26-28(7-6-10-29-26)36-21-27(25-9-8-24(35-5)19-30-25)34-17-15-33(16-18-34)23(3)4/h6-10,19,22-23,27H,11-18,20-21H2,1-5H3. The zero-order valence-corrected chi connectivity index (χ0v) is 22.8. The highest BCUT2D eigenvalue weighted by Crippen LogP contribution is 2.26. The van der Waals surface area contributed by atoms with Gasteiger partial charge in [0.1, 0.15) is 18.1 Å². The highest BCUT2D eigenvalue weighted by atomic mass is 16.5. The van der Waals surface area contributed by atoms with Crippen LogP contribution < -0.4 is 9.47 Å². The second kappa shape index (κ2) is 12.8. The minimum absolute atomic E-state index is 0.0767. The third kappa shape index (κ3) is 6.94. The van der Waals surface area contributed by atoms with Gasteiger partial charge in [0.05, 0.1) is 30.7 Å². The molecule has 0 saturated carbocycles. The van der Waals surface area contributed by atoms with E-state index in [0.29, 0.717) is 18.7 Å². The van der Waals surface area contributed by atoms with E-state index in [0.717, 1.165) is 81.8 Å². The lowest BCUT2D eigenvalue weighted by Gasteiger charge is -2.40. The molecule has 1 unspecified atom stereocenters. The van der Waals surface area contributed by atoms with Gasteiger partial charge in [-0.05, 0) is 52.0 Å². The van der Waals surface area contributed by atoms with Crippen LogP contribution in [0.25, 0.3) is 0 Å². The maximum absolute atomic E-state index is 6.51. The molecule has 0 N–H and O–H groups in total. The molecule has 2 aromatic rings. The fourth-order valence-electron chi connectivity index (χ4n) is 5.14. The van der Waals surface area contributed by atoms with Crippen molar-refractivity contribution < 1.29 is 9.47 Å². The van der Waals surface area contributed by atoms with Crippen LogP contribution in [-0.2, 0) is 6.54 Å². The molecule has 2 aromatic heterocycles. The molecule has 2 aliphatic heterocycles. The Hall–Kier alpha value is -2.26. The van der Waals surface area contributed by atoms with Crippen LogP contribution in [0.5, 0.6) is 11.5 Å². The molecule has 2 saturated heterocycles. The summed E-state index contributed by atoms with van der Waals surface area (Å²) in [6.45, 7) is 18.9. The second-order valence-corrected chi connectivity index (χ2v) is 10.5. The number of piperazine rings is 2. The molecule has 198 valence electrons. The minimum atomic E-state index is 0.0767. The van der Waals surface area contributed by atoms with E-state index < -0.39 is 0 Å². The Morgan fingerprint density at radius 1 is 0.806 bits per heavy atom. The van der Waals surface area contributed by atoms with Crippen LogP contribution in [0.3, 0.4) is 0 Å². The molecule has 8 heteroatoms. The van der Waals surface area contributed by atoms with E-state index in [1.54, 1.807) is 13.3 Å². The van der Waals surface area contributed by atoms with Crippen LogP contribution in [0.15, 0.2) is 36.7 Å². The molecule has 4 heterocycles. The molecule has 8 nitrogen and oxygen atoms in total. The van der Waals surface area contributed by atoms with Crippen molar-refractivity contribution in [2.24, 2.45) is 0 Å². The first-order chi connectivity index (χ1) is 17.4. The first-order valence-electron chi connectivity index (χ1n) is 13.5. The van der Waals surface area contributed by atoms with Gasteiger partial charge in [-0.15, -0.1) is 0 Å². The molecule has 0 aromatic carbocycles. The molecule has 0 bridgehead atoms. The van der Waals surface area contributed by atoms with Gasteiger partial charge < -0.3 is 9.47 Å². The lowest BCUT2D eigenvalue weighted by atomic mass is 10.1. The smallest absolute Gasteiger partial charge is 0.142 e. The van der Waals surface area contributed by atoms with Crippen molar-refractivity contribution in [3.8, 4) is 11.5 Å². The fourth-order valence-corrected chi connectivity index (χ4v) is 5.14. The second-order valence-electron chi connectivity index (χ2n) is 10.5. The van der Waals surface area contributed by atoms with E-state index in [4.69, 9.17) is 19.4 Å². The first-order valence-corrected chi connectivity index (χ1v) is 13.5. The lowest BCUT2D eigenvalue weighted by Crippen LogP contribution is -2.50. The Labute approximate surface area is 217 Å². The average molecular weight is 497 g/mol. The van der Waals surface area contributed by atoms with Gasteiger partial charge in [-0.2, -0.15) is 0 Å². The van der Waals surface area contributed by atoms with Crippen molar-refractivity contribution in [3.63, 3.8) is 0 Å². The fraction of sp³-hybridized carbons (Fsp3) is 0.643. The van der Waals surface area contributed by atoms with Crippen LogP contribution in [0.4, 0.5) is 0 Å². The molecule has 36 heavy (non-hydrogen) atoms. The Balaban J connectivity index is 1.44. The van der Waals surface area contributed by atoms with Crippen molar-refractivity contribution in [2.45, 2.75) is 52.4 Å². The van der Waals surface area contributed by atoms with Crippen LogP contribution in [0, 0.1) is 0 Å². The SMILES string of the molecule is COc1ccc(C(COc2cccnc2CN2CCN(C(C)C)CC2)N2CCN(C(C)C)CC2)nc1. The summed E-state index contributed by atoms with van der Waals surface area (Å²) >= 11 is 0. The number of hydrogen-bond donors (Lipinski definition) is 0. The normalized spacial score (nSPS) is 19.6. The van der Waals surface area contributed by atoms with Gasteiger partial charge in [0.25, 0.3) is 0 Å². The number of ether oxygens (including phenoxy) is 2. The summed E-state index contributed by atoms with van der Waals surface area (Å²) < 4.78 is 11.9. The third-order valence-electron chi connectivity index (χ3n) is 7.61. The summed E-state index contributed by atoms with van der Waals surface area (Å²) in [5.41, 5.74) is 2.03. The van der Waals surface area contributed by atoms with Gasteiger partial charge in [0, 0.05) is 77.2 Å². The van der Waals surface area contributed by atoms with Crippen molar-refractivity contribution in [2.75, 3.05) is 66.1 Å². The van der Waals surface area contributed by atoms with Gasteiger partial charge in [0.15, 0.2) is 0 Å². The molecule has 0 spiro atoms. The van der Waals surface area contributed by atoms with E-state index in [9.17, 15) is 0 Å². The molecule has 1 atom stereocenters. The number of aromatic nitrogens is 2. The van der Waals surface area contributed by atoms with Crippen molar-refractivity contribution in [1.29, 1.82) is 0 Å². The lowest BCUT2D eigenvalue weighted by molar-refractivity contribution is 0.0556. The summed E-state index contributed by atoms with van der Waals surface area (Å²) in [5, 5.41) is 0. The first kappa shape index (κ1) is 26.8. The number of pyridine rings is 2. The molecular formula is C28H44N6O2. The predicted octanol–water partition coefficient (Wildman–Crippen LogP) is 3.16. The van der Waals surface area contributed by atoms with Crippen LogP contribution in [0.2, 0.25) is 0 Å². The van der Waals surface area contributed by atoms with Gasteiger partial charge in [-0.25, -0.2) is 0 Å². The molecule has 0 aliphatic carbocycles. The van der Waals surface area contributed by atoms with Crippen molar-refractivity contribution in [3.05, 3.63) is 48.0 Å². The van der Waals surface area contributed by atoms with Gasteiger partial charge in [-0.3, -0.25) is 29.6 Å². The van der Waals surface area contributed by atoms with E-state index in [2.05, 4.69) is 59.4 Å². The van der Waals surface area contributed by atoms with Gasteiger partial charge >= 0.3 is 0 Å². The molecular weight excluding hydrogens is 452 g/mol. The van der Waals surface area contributed by atoms with Crippen LogP contribution in [0.1, 0.15) is 45.1 Å². The molecule has 0 radical (unpaired) electrons. The predicted molar refractivity (Wildman–Crippen MR) is 144 cm³/mol. The number of nitrogens with zero attached hydrogens (tertiary/aromatic N) is 6. The largest absolute Gasteiger partial charge is 0.495 e. The topological polar surface area (TPSA) is 57.2 Å². The van der Waals surface area contributed by atoms with Gasteiger partial charge in [-0.1, -0.05) is 0 Å². The van der Waals surface area contributed by atoms with E-state index in [-0.39, 0.29) is 6.04 Å². The number of hydrogen-bond acceptors (Lipinski definition) is 8. The Bertz CT molecular complexity index is 922. The maximum Gasteiger partial charge on any atom is 0.142 e. The van der Waals surface area contributed by atoms with Crippen molar-refractivity contribution >= 4 is 0 Å². The zero-order chi connectivity index (χ0) is 25.5. The molecule has 2 fully saturated rings. The quantitative estimate of drug-likeness (QED) is 0.497. The summed E-state index contributed by atoms with van der Waals surface area (Å²) in [7, 11) is 1.68. The highest BCUT2D eigenvalue weighted by Gasteiger charge is 2.28. The molecule has 4 rings (SSSR count). The van der Waals surface area contributed by atoms with Crippen LogP contribution >= 0.6 is 0 Å². The Morgan fingerprint density at radius 2 is 1.44 bits per heavy atom. The van der Waals surface area contributed by atoms with E-state index >= 15 is 0 Å². The Kier molecular flexibility index (Phi) is 9.53. The van der Waals surface area contributed by atoms with Crippen LogP contribution in [-0.4, -0.2) is 108 Å². The third-order valence-corrected chi connectivity index (χ3v) is 7.61. The summed E-state index contributed by atoms with van der Waals surface area (Å²) in [6, 6.07) is 9.34. The number of rotatable bonds is 10. The van der Waals surface area contributed by atoms with E-state index in [1.165, 1.54) is 0 Å². The monoisotopic (exact) mass is 496 g/mol.